The number of halogens is 7. The summed E-state index contributed by atoms with van der Waals surface area (Å²) in [6.07, 6.45) is -8.04. The van der Waals surface area contributed by atoms with Gasteiger partial charge in [0, 0.05) is 87.9 Å². The van der Waals surface area contributed by atoms with Crippen molar-refractivity contribution in [2.75, 3.05) is 33.9 Å². The number of aliphatic hydroxyl groups is 1. The molecule has 15 N–H and O–H groups in total. The number of carbonyl (C=O) groups excluding carboxylic acids is 7. The number of benzene rings is 6. The first-order valence-corrected chi connectivity index (χ1v) is 35.6. The number of alkyl halides is 6. The topological polar surface area (TPSA) is 397 Å². The molecule has 622 valence electrons. The minimum atomic E-state index is -2.39. The van der Waals surface area contributed by atoms with Crippen molar-refractivity contribution in [2.24, 2.45) is 26.5 Å². The number of nitrogens with zero attached hydrogens (tertiary/aromatic N) is 3. The van der Waals surface area contributed by atoms with E-state index in [0.29, 0.717) is 47.5 Å². The normalized spacial score (nSPS) is 11.6. The number of hydrogen-bond donors (Lipinski definition) is 13. The number of hydroxylamine groups is 1. The molecule has 6 atom stereocenters. The van der Waals surface area contributed by atoms with Gasteiger partial charge in [0.2, 0.25) is 0 Å². The van der Waals surface area contributed by atoms with Crippen LogP contribution >= 0.6 is 11.8 Å². The van der Waals surface area contributed by atoms with Gasteiger partial charge in [0.25, 0.3) is 42.9 Å². The molecule has 0 spiro atoms. The molecule has 0 radical (unpaired) electrons. The number of methoxy groups -OCH3 is 2. The van der Waals surface area contributed by atoms with Crippen molar-refractivity contribution in [3.63, 3.8) is 0 Å². The summed E-state index contributed by atoms with van der Waals surface area (Å²) in [5.74, 6) is 30.1. The van der Waals surface area contributed by atoms with Crippen molar-refractivity contribution in [3.8, 4) is 71.0 Å². The van der Waals surface area contributed by atoms with Gasteiger partial charge in [-0.1, -0.05) is 76.6 Å². The Bertz CT molecular complexity index is 4350. The second-order valence-electron chi connectivity index (χ2n) is 25.3. The zero-order valence-electron chi connectivity index (χ0n) is 65.9. The third-order valence-electron chi connectivity index (χ3n) is 14.2. The maximum atomic E-state index is 12.8. The number of aliphatic hydroxyl groups excluding tert-OH is 1. The summed E-state index contributed by atoms with van der Waals surface area (Å²) < 4.78 is 90.1. The van der Waals surface area contributed by atoms with Crippen LogP contribution in [-0.2, 0) is 48.2 Å². The van der Waals surface area contributed by atoms with E-state index in [0.717, 1.165) is 33.4 Å². The van der Waals surface area contributed by atoms with Crippen LogP contribution in [0.15, 0.2) is 174 Å². The lowest BCUT2D eigenvalue weighted by Gasteiger charge is -2.26. The maximum absolute atomic E-state index is 12.8. The van der Waals surface area contributed by atoms with Crippen LogP contribution < -0.4 is 54.2 Å². The molecule has 0 saturated carbocycles. The van der Waals surface area contributed by atoms with Crippen molar-refractivity contribution in [3.05, 3.63) is 226 Å². The van der Waals surface area contributed by atoms with E-state index in [1.807, 2.05) is 12.1 Å². The van der Waals surface area contributed by atoms with Gasteiger partial charge in [-0.2, -0.15) is 5.53 Å². The fraction of sp³-hybridized carbons (Fsp3) is 0.321. The molecule has 0 aromatic heterocycles. The molecular formula is C84H95ClF6N14O12. The molecular weight excluding hydrogens is 1550 g/mol. The van der Waals surface area contributed by atoms with Crippen molar-refractivity contribution < 1.29 is 84.4 Å². The number of nitrogens with two attached hydrogens (primary N) is 2. The van der Waals surface area contributed by atoms with Crippen LogP contribution in [0, 0.1) is 76.6 Å². The summed E-state index contributed by atoms with van der Waals surface area (Å²) in [4.78, 5) is 85.1. The van der Waals surface area contributed by atoms with E-state index in [2.05, 4.69) is 153 Å². The van der Waals surface area contributed by atoms with Crippen molar-refractivity contribution in [2.45, 2.75) is 142 Å². The van der Waals surface area contributed by atoms with Gasteiger partial charge in [0.1, 0.15) is 23.7 Å². The summed E-state index contributed by atoms with van der Waals surface area (Å²) in [5, 5.41) is 40.0. The summed E-state index contributed by atoms with van der Waals surface area (Å²) in [6.45, 7) is 19.3. The fourth-order valence-corrected chi connectivity index (χ4v) is 8.68. The molecule has 0 unspecified atom stereocenters. The van der Waals surface area contributed by atoms with Crippen molar-refractivity contribution >= 4 is 53.4 Å². The highest BCUT2D eigenvalue weighted by Crippen LogP contribution is 2.13. The Morgan fingerprint density at radius 2 is 0.726 bits per heavy atom. The van der Waals surface area contributed by atoms with E-state index in [-0.39, 0.29) is 31.3 Å². The van der Waals surface area contributed by atoms with E-state index in [4.69, 9.17) is 36.8 Å². The highest BCUT2D eigenvalue weighted by molar-refractivity contribution is 6.13. The molecule has 33 heteroatoms. The molecule has 0 bridgehead atoms. The first-order valence-electron chi connectivity index (χ1n) is 35.3. The maximum Gasteiger partial charge on any atom is 0.407 e. The third-order valence-corrected chi connectivity index (χ3v) is 14.2. The quantitative estimate of drug-likeness (QED) is 0.00351. The smallest absolute Gasteiger partial charge is 0.407 e. The molecule has 6 aromatic rings. The molecule has 0 saturated heterocycles. The molecule has 0 aliphatic carbocycles. The van der Waals surface area contributed by atoms with Gasteiger partial charge in [-0.3, -0.25) is 24.4 Å². The van der Waals surface area contributed by atoms with Gasteiger partial charge in [0.15, 0.2) is 0 Å². The highest BCUT2D eigenvalue weighted by Gasteiger charge is 2.31. The monoisotopic (exact) mass is 1640 g/mol. The minimum absolute atomic E-state index is 0.167. The highest BCUT2D eigenvalue weighted by atomic mass is 35.5. The van der Waals surface area contributed by atoms with Crippen LogP contribution in [0.1, 0.15) is 137 Å². The van der Waals surface area contributed by atoms with Gasteiger partial charge in [-0.15, -0.1) is 13.2 Å². The van der Waals surface area contributed by atoms with E-state index in [1.54, 1.807) is 182 Å². The summed E-state index contributed by atoms with van der Waals surface area (Å²) in [7, 11) is 2.41. The molecule has 0 aliphatic rings. The largest absolute Gasteiger partial charge is 0.467 e. The van der Waals surface area contributed by atoms with Gasteiger partial charge < -0.3 is 68.0 Å². The average molecular weight is 1640 g/mol. The molecule has 6 aromatic carbocycles. The molecule has 6 rings (SSSR count). The number of amides is 5. The lowest BCUT2D eigenvalue weighted by atomic mass is 10.1. The predicted molar refractivity (Wildman–Crippen MR) is 431 cm³/mol. The summed E-state index contributed by atoms with van der Waals surface area (Å²) >= 11 is 4.55. The van der Waals surface area contributed by atoms with Crippen LogP contribution in [0.25, 0.3) is 0 Å². The average Bonchev–Trinajstić information content (AvgIpc) is 0.867. The number of ether oxygens (including phenoxy) is 3. The summed E-state index contributed by atoms with van der Waals surface area (Å²) in [5.41, 5.74) is 25.7. The number of nitrogens with one attached hydrogen (secondary N) is 9. The predicted octanol–water partition coefficient (Wildman–Crippen LogP) is 9.82. The van der Waals surface area contributed by atoms with Crippen LogP contribution in [-0.4, -0.2) is 153 Å². The molecule has 26 nitrogen and oxygen atoms in total. The fourth-order valence-electron chi connectivity index (χ4n) is 8.65. The standard InChI is InChI=1S/C30H33F2N3O5.C25H25F2N3O3.C24H24F2N4O3.C3H8O.C2H4.ClHN4/c1-20(34-29(38)40-30(2,3)4)26(28(37)39-5)35-27(36)24-16-14-22(15-17-24)9-7-6-8-21-10-12-23(13-11-21)18-33-19-25(31)32;1-17(28)23(25(32)33-2)30-24(31)21-13-11-19(12-14-21)6-4-3-5-18-7-9-20(10-8-18)15-29-16-22(26)27;1-16(27)22(24(32)30-33)29-23(31)20-12-10-18(11-13-20)5-3-2-4-17-6-8-19(9-7-17)14-28-15-21(25)26;1-3(2)4;1-2;1-3-5-4-2/h10-17,20,25-26,33H,18-19H2,1-5H3,(H,34,38)(H,35,36);7-14,17,22-23,29H,15-16,28H2,1-2H3,(H,30,31);6-13,16,21-22,28,33H,14-15,27H2,1H3,(H,29,31)(H,30,32);3-4H,1-2H3;1-2H2;2H/t20-,26+;17-,23+;16-,22+;;;/m111.../s1. The lowest BCUT2D eigenvalue weighted by molar-refractivity contribution is -0.144. The Balaban J connectivity index is 0.000000827. The Morgan fingerprint density at radius 3 is 0.949 bits per heavy atom. The van der Waals surface area contributed by atoms with Crippen LogP contribution in [0.5, 0.6) is 0 Å². The van der Waals surface area contributed by atoms with Gasteiger partial charge in [-0.05, 0) is 227 Å². The first-order chi connectivity index (χ1) is 55.6. The number of hydrogen-bond acceptors (Lipinski definition) is 19. The van der Waals surface area contributed by atoms with Gasteiger partial charge >= 0.3 is 18.0 Å². The van der Waals surface area contributed by atoms with E-state index < -0.39 is 103 Å². The lowest BCUT2D eigenvalue weighted by Crippen LogP contribution is -2.55. The third kappa shape index (κ3) is 46.3. The van der Waals surface area contributed by atoms with Crippen LogP contribution in [0.4, 0.5) is 31.1 Å². The number of esters is 2. The number of rotatable bonds is 26. The number of carbonyl (C=O) groups is 7. The van der Waals surface area contributed by atoms with E-state index in [9.17, 15) is 59.9 Å². The second kappa shape index (κ2) is 58.2. The molecule has 0 fully saturated rings. The molecule has 0 heterocycles. The van der Waals surface area contributed by atoms with Crippen molar-refractivity contribution in [1.82, 2.24) is 42.7 Å². The Hall–Kier alpha value is -12.7. The SMILES string of the molecule is C=C.CC(C)O.COC(=O)[C@@H](NC(=O)c1ccc(C#CC#Cc2ccc(CNCC(F)F)cc2)cc1)[C@@H](C)N.COC(=O)[C@@H](NC(=O)c1ccc(C#CC#Cc2ccc(CNCC(F)F)cc2)cc1)[C@@H](C)NC(=O)OC(C)(C)C.C[C@@H](N)[C@H](NC(=O)c1ccc(C#CC#Cc2ccc(CNCC(F)F)cc2)cc1)C(=O)NO.N=NN=NCl. The van der Waals surface area contributed by atoms with E-state index >= 15 is 0 Å². The zero-order valence-corrected chi connectivity index (χ0v) is 66.7. The zero-order chi connectivity index (χ0) is 87.8. The Kier molecular flexibility index (Phi) is 50.9. The van der Waals surface area contributed by atoms with Crippen molar-refractivity contribution in [1.29, 1.82) is 5.53 Å². The molecule has 117 heavy (non-hydrogen) atoms. The Morgan fingerprint density at radius 1 is 0.470 bits per heavy atom. The summed E-state index contributed by atoms with van der Waals surface area (Å²) in [6, 6.07) is 35.5. The molecule has 5 amide bonds. The Labute approximate surface area is 682 Å². The number of alkyl carbamates (subject to hydrolysis) is 1. The van der Waals surface area contributed by atoms with Crippen LogP contribution in [0.3, 0.4) is 0 Å². The van der Waals surface area contributed by atoms with Crippen LogP contribution in [0.2, 0.25) is 0 Å². The first kappa shape index (κ1) is 102. The van der Waals surface area contributed by atoms with Gasteiger partial charge in [0.05, 0.1) is 51.7 Å². The van der Waals surface area contributed by atoms with E-state index in [1.165, 1.54) is 26.6 Å². The second-order valence-corrected chi connectivity index (χ2v) is 25.4. The minimum Gasteiger partial charge on any atom is -0.467 e. The van der Waals surface area contributed by atoms with Gasteiger partial charge in [-0.25, -0.2) is 46.2 Å². The molecule has 0 aliphatic heterocycles.